The lowest BCUT2D eigenvalue weighted by Crippen LogP contribution is -2.45. The molecule has 0 saturated carbocycles. The van der Waals surface area contributed by atoms with E-state index in [1.807, 2.05) is 0 Å². The quantitative estimate of drug-likeness (QED) is 0.615. The normalized spacial score (nSPS) is 15.0. The van der Waals surface area contributed by atoms with Crippen molar-refractivity contribution in [3.05, 3.63) is 64.7 Å². The number of carbonyl (C=O) groups excluding carboxylic acids is 4. The summed E-state index contributed by atoms with van der Waals surface area (Å²) in [5.74, 6) is -2.59. The molecular weight excluding hydrogens is 384 g/mol. The van der Waals surface area contributed by atoms with Gasteiger partial charge in [-0.1, -0.05) is 35.9 Å². The van der Waals surface area contributed by atoms with Gasteiger partial charge in [-0.25, -0.2) is 4.79 Å². The van der Waals surface area contributed by atoms with Gasteiger partial charge in [0.15, 0.2) is 6.10 Å². The van der Waals surface area contributed by atoms with E-state index in [2.05, 4.69) is 5.32 Å². The molecule has 0 aromatic heterocycles. The van der Waals surface area contributed by atoms with Crippen LogP contribution < -0.4 is 5.32 Å². The lowest BCUT2D eigenvalue weighted by molar-refractivity contribution is -0.156. The molecule has 0 saturated heterocycles. The van der Waals surface area contributed by atoms with Crippen molar-refractivity contribution in [3.63, 3.8) is 0 Å². The maximum absolute atomic E-state index is 12.5. The molecule has 2 atom stereocenters. The Morgan fingerprint density at radius 3 is 2.07 bits per heavy atom. The first kappa shape index (κ1) is 19.6. The van der Waals surface area contributed by atoms with Crippen LogP contribution in [0.3, 0.4) is 0 Å². The molecule has 3 amide bonds. The van der Waals surface area contributed by atoms with Crippen molar-refractivity contribution in [2.24, 2.45) is 0 Å². The molecule has 0 spiro atoms. The van der Waals surface area contributed by atoms with Crippen LogP contribution in [0.25, 0.3) is 0 Å². The zero-order chi connectivity index (χ0) is 20.4. The molecular formula is C20H17ClN2O5. The summed E-state index contributed by atoms with van der Waals surface area (Å²) in [7, 11) is 0. The van der Waals surface area contributed by atoms with Crippen molar-refractivity contribution in [2.75, 3.05) is 5.32 Å². The lowest BCUT2D eigenvalue weighted by atomic mass is 10.1. The molecule has 2 unspecified atom stereocenters. The van der Waals surface area contributed by atoms with Crippen LogP contribution in [0.5, 0.6) is 0 Å². The molecule has 1 N–H and O–H groups in total. The predicted octanol–water partition coefficient (Wildman–Crippen LogP) is 2.89. The number of ether oxygens (including phenoxy) is 1. The Morgan fingerprint density at radius 1 is 0.964 bits per heavy atom. The molecule has 2 aromatic rings. The number of benzene rings is 2. The summed E-state index contributed by atoms with van der Waals surface area (Å²) in [5, 5.41) is 2.90. The average Bonchev–Trinajstić information content (AvgIpc) is 2.93. The second-order valence-electron chi connectivity index (χ2n) is 6.25. The molecule has 1 aliphatic rings. The van der Waals surface area contributed by atoms with Gasteiger partial charge in [0.2, 0.25) is 0 Å². The number of esters is 1. The standard InChI is InChI=1S/C20H17ClN2O5/c1-11(23-18(25)13-7-3-4-8-14(13)19(23)26)20(27)28-12(2)17(24)22-16-10-6-5-9-15(16)21/h3-12H,1-2H3,(H,22,24). The Morgan fingerprint density at radius 2 is 1.50 bits per heavy atom. The molecule has 1 aliphatic heterocycles. The van der Waals surface area contributed by atoms with E-state index in [9.17, 15) is 19.2 Å². The van der Waals surface area contributed by atoms with Gasteiger partial charge in [-0.15, -0.1) is 0 Å². The van der Waals surface area contributed by atoms with Crippen molar-refractivity contribution in [2.45, 2.75) is 26.0 Å². The number of nitrogens with zero attached hydrogens (tertiary/aromatic N) is 1. The summed E-state index contributed by atoms with van der Waals surface area (Å²) < 4.78 is 5.15. The van der Waals surface area contributed by atoms with Gasteiger partial charge >= 0.3 is 5.97 Å². The number of para-hydroxylation sites is 1. The molecule has 8 heteroatoms. The van der Waals surface area contributed by atoms with Crippen LogP contribution in [0.15, 0.2) is 48.5 Å². The summed E-state index contributed by atoms with van der Waals surface area (Å²) in [5.41, 5.74) is 0.846. The van der Waals surface area contributed by atoms with Gasteiger partial charge in [-0.2, -0.15) is 0 Å². The van der Waals surface area contributed by atoms with Crippen molar-refractivity contribution in [1.82, 2.24) is 4.90 Å². The Balaban J connectivity index is 1.66. The molecule has 3 rings (SSSR count). The lowest BCUT2D eigenvalue weighted by Gasteiger charge is -2.22. The van der Waals surface area contributed by atoms with E-state index in [-0.39, 0.29) is 11.1 Å². The Hall–Kier alpha value is -3.19. The maximum Gasteiger partial charge on any atom is 0.329 e. The number of carbonyl (C=O) groups is 4. The number of imide groups is 1. The number of anilines is 1. The van der Waals surface area contributed by atoms with Crippen LogP contribution in [0.1, 0.15) is 34.6 Å². The zero-order valence-electron chi connectivity index (χ0n) is 15.1. The highest BCUT2D eigenvalue weighted by molar-refractivity contribution is 6.33. The number of fused-ring (bicyclic) bond motifs is 1. The number of hydrogen-bond donors (Lipinski definition) is 1. The monoisotopic (exact) mass is 400 g/mol. The number of nitrogens with one attached hydrogen (secondary N) is 1. The fraction of sp³-hybridized carbons (Fsp3) is 0.200. The summed E-state index contributed by atoms with van der Waals surface area (Å²) >= 11 is 5.99. The largest absolute Gasteiger partial charge is 0.451 e. The van der Waals surface area contributed by atoms with E-state index >= 15 is 0 Å². The van der Waals surface area contributed by atoms with Gasteiger partial charge in [0.05, 0.1) is 21.8 Å². The molecule has 0 aliphatic carbocycles. The second kappa shape index (κ2) is 7.82. The summed E-state index contributed by atoms with van der Waals surface area (Å²) in [6, 6.07) is 11.8. The Kier molecular flexibility index (Phi) is 5.46. The smallest absolute Gasteiger partial charge is 0.329 e. The Labute approximate surface area is 166 Å². The molecule has 7 nitrogen and oxygen atoms in total. The molecule has 0 bridgehead atoms. The van der Waals surface area contributed by atoms with E-state index in [1.165, 1.54) is 26.0 Å². The van der Waals surface area contributed by atoms with Crippen LogP contribution >= 0.6 is 11.6 Å². The van der Waals surface area contributed by atoms with Crippen molar-refractivity contribution < 1.29 is 23.9 Å². The number of rotatable bonds is 5. The second-order valence-corrected chi connectivity index (χ2v) is 6.66. The van der Waals surface area contributed by atoms with Crippen LogP contribution in [0.4, 0.5) is 5.69 Å². The fourth-order valence-corrected chi connectivity index (χ4v) is 2.97. The highest BCUT2D eigenvalue weighted by atomic mass is 35.5. The molecule has 1 heterocycles. The van der Waals surface area contributed by atoms with Crippen LogP contribution in [0, 0.1) is 0 Å². The molecule has 0 radical (unpaired) electrons. The first-order chi connectivity index (χ1) is 13.3. The SMILES string of the molecule is CC(OC(=O)C(C)N1C(=O)c2ccccc2C1=O)C(=O)Nc1ccccc1Cl. The summed E-state index contributed by atoms with van der Waals surface area (Å²) in [6.07, 6.45) is -1.15. The minimum Gasteiger partial charge on any atom is -0.451 e. The third-order valence-electron chi connectivity index (χ3n) is 4.35. The van der Waals surface area contributed by atoms with Gasteiger partial charge in [-0.05, 0) is 38.1 Å². The van der Waals surface area contributed by atoms with Gasteiger partial charge in [0.1, 0.15) is 6.04 Å². The summed E-state index contributed by atoms with van der Waals surface area (Å²) in [4.78, 5) is 50.4. The third-order valence-corrected chi connectivity index (χ3v) is 4.68. The van der Waals surface area contributed by atoms with E-state index in [1.54, 1.807) is 36.4 Å². The van der Waals surface area contributed by atoms with Gasteiger partial charge in [0, 0.05) is 0 Å². The molecule has 144 valence electrons. The molecule has 0 fully saturated rings. The van der Waals surface area contributed by atoms with Crippen molar-refractivity contribution in [1.29, 1.82) is 0 Å². The number of amides is 3. The molecule has 2 aromatic carbocycles. The van der Waals surface area contributed by atoms with Gasteiger partial charge < -0.3 is 10.1 Å². The fourth-order valence-electron chi connectivity index (χ4n) is 2.79. The topological polar surface area (TPSA) is 92.8 Å². The first-order valence-corrected chi connectivity index (χ1v) is 8.92. The number of halogens is 1. The van der Waals surface area contributed by atoms with E-state index in [0.717, 1.165) is 4.90 Å². The maximum atomic E-state index is 12.5. The minimum atomic E-state index is -1.18. The van der Waals surface area contributed by atoms with Gasteiger partial charge in [-0.3, -0.25) is 19.3 Å². The first-order valence-electron chi connectivity index (χ1n) is 8.54. The Bertz CT molecular complexity index is 940. The van der Waals surface area contributed by atoms with Crippen molar-refractivity contribution >= 4 is 41.0 Å². The van der Waals surface area contributed by atoms with Crippen molar-refractivity contribution in [3.8, 4) is 0 Å². The predicted molar refractivity (Wildman–Crippen MR) is 102 cm³/mol. The zero-order valence-corrected chi connectivity index (χ0v) is 15.9. The minimum absolute atomic E-state index is 0.233. The van der Waals surface area contributed by atoms with E-state index in [4.69, 9.17) is 16.3 Å². The highest BCUT2D eigenvalue weighted by Crippen LogP contribution is 2.25. The van der Waals surface area contributed by atoms with Crippen LogP contribution in [-0.4, -0.2) is 40.7 Å². The summed E-state index contributed by atoms with van der Waals surface area (Å²) in [6.45, 7) is 2.77. The van der Waals surface area contributed by atoms with E-state index in [0.29, 0.717) is 10.7 Å². The van der Waals surface area contributed by atoms with E-state index < -0.39 is 35.8 Å². The van der Waals surface area contributed by atoms with Gasteiger partial charge in [0.25, 0.3) is 17.7 Å². The molecule has 28 heavy (non-hydrogen) atoms. The average molecular weight is 401 g/mol. The number of hydrogen-bond acceptors (Lipinski definition) is 5. The third kappa shape index (κ3) is 3.61. The van der Waals surface area contributed by atoms with Crippen LogP contribution in [-0.2, 0) is 14.3 Å². The van der Waals surface area contributed by atoms with Crippen LogP contribution in [0.2, 0.25) is 5.02 Å². The highest BCUT2D eigenvalue weighted by Gasteiger charge is 2.41.